The van der Waals surface area contributed by atoms with Crippen LogP contribution < -0.4 is 10.2 Å². The summed E-state index contributed by atoms with van der Waals surface area (Å²) in [6.45, 7) is 7.27. The number of aromatic nitrogens is 2. The van der Waals surface area contributed by atoms with E-state index < -0.39 is 17.7 Å². The number of anilines is 1. The molecule has 0 spiro atoms. The average molecular weight is 558 g/mol. The van der Waals surface area contributed by atoms with E-state index in [2.05, 4.69) is 5.32 Å². The van der Waals surface area contributed by atoms with E-state index in [9.17, 15) is 14.4 Å². The molecule has 2 aliphatic heterocycles. The van der Waals surface area contributed by atoms with Crippen LogP contribution in [0.25, 0.3) is 10.9 Å². The Balaban J connectivity index is 1.39. The molecule has 1 aliphatic carbocycles. The fraction of sp³-hybridized carbons (Fsp3) is 0.655. The molecule has 2 aromatic rings. The first kappa shape index (κ1) is 27.7. The van der Waals surface area contributed by atoms with Crippen LogP contribution in [0.3, 0.4) is 0 Å². The molecule has 212 valence electrons. The first-order valence-electron chi connectivity index (χ1n) is 14.4. The first-order chi connectivity index (χ1) is 18.6. The van der Waals surface area contributed by atoms with Crippen molar-refractivity contribution < 1.29 is 19.1 Å². The second kappa shape index (κ2) is 11.4. The van der Waals surface area contributed by atoms with E-state index in [1.54, 1.807) is 4.90 Å². The van der Waals surface area contributed by atoms with Gasteiger partial charge >= 0.3 is 6.09 Å². The molecule has 3 fully saturated rings. The summed E-state index contributed by atoms with van der Waals surface area (Å²) in [6, 6.07) is 4.96. The molecule has 3 aliphatic rings. The molecule has 0 unspecified atom stereocenters. The lowest BCUT2D eigenvalue weighted by molar-refractivity contribution is -0.136. The highest BCUT2D eigenvalue weighted by atomic mass is 35.5. The van der Waals surface area contributed by atoms with Gasteiger partial charge in [-0.3, -0.25) is 19.2 Å². The third kappa shape index (κ3) is 6.18. The first-order valence-corrected chi connectivity index (χ1v) is 14.7. The summed E-state index contributed by atoms with van der Waals surface area (Å²) in [6.07, 6.45) is 7.65. The Hall–Kier alpha value is -2.81. The highest BCUT2D eigenvalue weighted by molar-refractivity contribution is 6.31. The zero-order valence-electron chi connectivity index (χ0n) is 23.2. The normalized spacial score (nSPS) is 21.5. The molecule has 39 heavy (non-hydrogen) atoms. The molecular formula is C29H40ClN5O4. The largest absolute Gasteiger partial charge is 0.444 e. The van der Waals surface area contributed by atoms with Crippen molar-refractivity contribution in [2.24, 2.45) is 5.92 Å². The molecule has 10 heteroatoms. The Morgan fingerprint density at radius 2 is 1.87 bits per heavy atom. The lowest BCUT2D eigenvalue weighted by atomic mass is 9.83. The predicted molar refractivity (Wildman–Crippen MR) is 151 cm³/mol. The van der Waals surface area contributed by atoms with E-state index in [0.717, 1.165) is 62.3 Å². The van der Waals surface area contributed by atoms with Crippen LogP contribution in [0.5, 0.6) is 0 Å². The number of carbonyl (C=O) groups is 3. The van der Waals surface area contributed by atoms with Crippen molar-refractivity contribution in [2.75, 3.05) is 18.0 Å². The maximum absolute atomic E-state index is 14.1. The van der Waals surface area contributed by atoms with Crippen molar-refractivity contribution in [3.8, 4) is 0 Å². The fourth-order valence-corrected chi connectivity index (χ4v) is 6.49. The summed E-state index contributed by atoms with van der Waals surface area (Å²) in [4.78, 5) is 43.1. The predicted octanol–water partition coefficient (Wildman–Crippen LogP) is 5.28. The topological polar surface area (TPSA) is 96.8 Å². The number of hydrogen-bond acceptors (Lipinski definition) is 5. The number of benzene rings is 1. The Bertz CT molecular complexity index is 1230. The molecule has 3 heterocycles. The van der Waals surface area contributed by atoms with Crippen LogP contribution in [0.4, 0.5) is 10.6 Å². The van der Waals surface area contributed by atoms with Crippen LogP contribution in [0.15, 0.2) is 18.2 Å². The molecule has 1 aromatic heterocycles. The summed E-state index contributed by atoms with van der Waals surface area (Å²) in [5.74, 6) is 0.769. The van der Waals surface area contributed by atoms with Gasteiger partial charge in [0.15, 0.2) is 5.82 Å². The van der Waals surface area contributed by atoms with E-state index >= 15 is 0 Å². The molecule has 0 radical (unpaired) electrons. The minimum Gasteiger partial charge on any atom is -0.444 e. The monoisotopic (exact) mass is 557 g/mol. The molecule has 3 amide bonds. The molecule has 2 atom stereocenters. The highest BCUT2D eigenvalue weighted by Gasteiger charge is 2.39. The number of rotatable bonds is 6. The Morgan fingerprint density at radius 3 is 2.56 bits per heavy atom. The van der Waals surface area contributed by atoms with Crippen LogP contribution in [-0.4, -0.2) is 63.4 Å². The maximum Gasteiger partial charge on any atom is 0.408 e. The summed E-state index contributed by atoms with van der Waals surface area (Å²) in [5.41, 5.74) is 0.253. The van der Waals surface area contributed by atoms with E-state index in [0.29, 0.717) is 36.9 Å². The standard InChI is InChI=1S/C29H40ClN5O4/c1-29(2,3)39-28(38)31-25(19-9-5-4-6-10-19)27(37)33-15-7-11-21(33)18-35-23-14-13-20(30)17-22(23)26(32-35)34-16-8-12-24(34)36/h13-14,17,19,21,25H,4-12,15-16,18H2,1-3H3,(H,31,38)/t21-,25-/m0/s1. The van der Waals surface area contributed by atoms with Crippen LogP contribution in [0.1, 0.15) is 78.6 Å². The van der Waals surface area contributed by atoms with Gasteiger partial charge in [-0.05, 0) is 77.0 Å². The van der Waals surface area contributed by atoms with Crippen molar-refractivity contribution in [2.45, 2.75) is 103 Å². The van der Waals surface area contributed by atoms with Gasteiger partial charge in [-0.15, -0.1) is 0 Å². The van der Waals surface area contributed by atoms with Gasteiger partial charge in [-0.1, -0.05) is 30.9 Å². The summed E-state index contributed by atoms with van der Waals surface area (Å²) >= 11 is 6.33. The van der Waals surface area contributed by atoms with Crippen molar-refractivity contribution >= 4 is 46.2 Å². The van der Waals surface area contributed by atoms with Crippen LogP contribution in [0, 0.1) is 5.92 Å². The molecular weight excluding hydrogens is 518 g/mol. The second-order valence-corrected chi connectivity index (χ2v) is 12.6. The van der Waals surface area contributed by atoms with Gasteiger partial charge < -0.3 is 15.0 Å². The number of likely N-dealkylation sites (tertiary alicyclic amines) is 1. The average Bonchev–Trinajstić information content (AvgIpc) is 3.60. The SMILES string of the molecule is CC(C)(C)OC(=O)N[C@H](C(=O)N1CCC[C@H]1Cn1nc(N2CCCC2=O)c2cc(Cl)ccc21)C1CCCCC1. The molecule has 1 aromatic carbocycles. The number of alkyl carbamates (subject to hydrolysis) is 1. The van der Waals surface area contributed by atoms with E-state index in [4.69, 9.17) is 21.4 Å². The van der Waals surface area contributed by atoms with Crippen molar-refractivity contribution in [1.82, 2.24) is 20.0 Å². The zero-order chi connectivity index (χ0) is 27.7. The molecule has 1 N–H and O–H groups in total. The van der Waals surface area contributed by atoms with E-state index in [-0.39, 0.29) is 23.8 Å². The summed E-state index contributed by atoms with van der Waals surface area (Å²) < 4.78 is 7.45. The summed E-state index contributed by atoms with van der Waals surface area (Å²) in [5, 5.41) is 9.27. The minimum atomic E-state index is -0.640. The smallest absolute Gasteiger partial charge is 0.408 e. The Kier molecular flexibility index (Phi) is 8.08. The minimum absolute atomic E-state index is 0.0373. The highest BCUT2D eigenvalue weighted by Crippen LogP contribution is 2.33. The molecule has 9 nitrogen and oxygen atoms in total. The second-order valence-electron chi connectivity index (χ2n) is 12.2. The van der Waals surface area contributed by atoms with Gasteiger partial charge in [0, 0.05) is 29.9 Å². The maximum atomic E-state index is 14.1. The van der Waals surface area contributed by atoms with Crippen molar-refractivity contribution in [3.05, 3.63) is 23.2 Å². The van der Waals surface area contributed by atoms with Gasteiger partial charge in [-0.2, -0.15) is 5.10 Å². The Morgan fingerprint density at radius 1 is 1.10 bits per heavy atom. The van der Waals surface area contributed by atoms with E-state index in [1.807, 2.05) is 48.6 Å². The van der Waals surface area contributed by atoms with Crippen molar-refractivity contribution in [3.63, 3.8) is 0 Å². The van der Waals surface area contributed by atoms with Crippen LogP contribution in [-0.2, 0) is 20.9 Å². The number of nitrogens with zero attached hydrogens (tertiary/aromatic N) is 4. The number of nitrogens with one attached hydrogen (secondary N) is 1. The number of amides is 3. The number of ether oxygens (including phenoxy) is 1. The lowest BCUT2D eigenvalue weighted by Gasteiger charge is -2.35. The molecule has 0 bridgehead atoms. The molecule has 5 rings (SSSR count). The number of halogens is 1. The summed E-state index contributed by atoms with van der Waals surface area (Å²) in [7, 11) is 0. The zero-order valence-corrected chi connectivity index (χ0v) is 24.0. The third-order valence-electron chi connectivity index (χ3n) is 8.13. The van der Waals surface area contributed by atoms with Gasteiger partial charge in [-0.25, -0.2) is 4.79 Å². The Labute approximate surface area is 235 Å². The van der Waals surface area contributed by atoms with Gasteiger partial charge in [0.05, 0.1) is 18.1 Å². The van der Waals surface area contributed by atoms with Gasteiger partial charge in [0.1, 0.15) is 11.6 Å². The number of carbonyl (C=O) groups excluding carboxylic acids is 3. The van der Waals surface area contributed by atoms with Gasteiger partial charge in [0.2, 0.25) is 11.8 Å². The fourth-order valence-electron chi connectivity index (χ4n) is 6.32. The van der Waals surface area contributed by atoms with Crippen LogP contribution >= 0.6 is 11.6 Å². The molecule has 1 saturated carbocycles. The number of hydrogen-bond donors (Lipinski definition) is 1. The quantitative estimate of drug-likeness (QED) is 0.521. The van der Waals surface area contributed by atoms with Gasteiger partial charge in [0.25, 0.3) is 0 Å². The lowest BCUT2D eigenvalue weighted by Crippen LogP contribution is -2.55. The van der Waals surface area contributed by atoms with Crippen molar-refractivity contribution in [1.29, 1.82) is 0 Å². The third-order valence-corrected chi connectivity index (χ3v) is 8.36. The van der Waals surface area contributed by atoms with Crippen LogP contribution in [0.2, 0.25) is 5.02 Å². The van der Waals surface area contributed by atoms with E-state index in [1.165, 1.54) is 0 Å². The molecule has 2 saturated heterocycles. The number of fused-ring (bicyclic) bond motifs is 1.